The SMILES string of the molecule is CCOCCCNC(=O)CC1CSc2nc3c(cnn3-c3cccc(Cl)c3)c(=O)n21. The van der Waals surface area contributed by atoms with Gasteiger partial charge in [-0.2, -0.15) is 5.10 Å². The molecule has 1 unspecified atom stereocenters. The van der Waals surface area contributed by atoms with E-state index in [2.05, 4.69) is 15.4 Å². The third-order valence-corrected chi connectivity index (χ3v) is 6.17. The van der Waals surface area contributed by atoms with Crippen LogP contribution in [0, 0.1) is 0 Å². The predicted molar refractivity (Wildman–Crippen MR) is 117 cm³/mol. The van der Waals surface area contributed by atoms with Crippen molar-refractivity contribution in [1.29, 1.82) is 0 Å². The van der Waals surface area contributed by atoms with Gasteiger partial charge < -0.3 is 10.1 Å². The van der Waals surface area contributed by atoms with Gasteiger partial charge in [0.25, 0.3) is 5.56 Å². The highest BCUT2D eigenvalue weighted by atomic mass is 35.5. The smallest absolute Gasteiger partial charge is 0.265 e. The van der Waals surface area contributed by atoms with Crippen LogP contribution in [0.3, 0.4) is 0 Å². The lowest BCUT2D eigenvalue weighted by Gasteiger charge is -2.13. The summed E-state index contributed by atoms with van der Waals surface area (Å²) in [6.07, 6.45) is 2.53. The summed E-state index contributed by atoms with van der Waals surface area (Å²) in [5.41, 5.74) is 1.05. The number of halogens is 1. The molecule has 0 spiro atoms. The van der Waals surface area contributed by atoms with Crippen molar-refractivity contribution in [3.8, 4) is 5.69 Å². The summed E-state index contributed by atoms with van der Waals surface area (Å²) in [5, 5.41) is 8.84. The van der Waals surface area contributed by atoms with Crippen molar-refractivity contribution < 1.29 is 9.53 Å². The zero-order valence-electron chi connectivity index (χ0n) is 16.5. The van der Waals surface area contributed by atoms with Crippen LogP contribution in [0.1, 0.15) is 25.8 Å². The van der Waals surface area contributed by atoms with Gasteiger partial charge in [0.15, 0.2) is 10.8 Å². The third kappa shape index (κ3) is 4.23. The Hall–Kier alpha value is -2.36. The molecule has 0 fully saturated rings. The van der Waals surface area contributed by atoms with Gasteiger partial charge in [0.1, 0.15) is 5.39 Å². The summed E-state index contributed by atoms with van der Waals surface area (Å²) >= 11 is 7.57. The molecule has 3 heterocycles. The maximum atomic E-state index is 13.1. The van der Waals surface area contributed by atoms with Crippen LogP contribution in [0.25, 0.3) is 16.7 Å². The molecule has 1 atom stereocenters. The number of hydrogen-bond donors (Lipinski definition) is 1. The number of carbonyl (C=O) groups excluding carboxylic acids is 1. The van der Waals surface area contributed by atoms with E-state index in [9.17, 15) is 9.59 Å². The highest BCUT2D eigenvalue weighted by molar-refractivity contribution is 7.99. The van der Waals surface area contributed by atoms with Crippen molar-refractivity contribution in [1.82, 2.24) is 24.6 Å². The van der Waals surface area contributed by atoms with Gasteiger partial charge in [-0.25, -0.2) is 9.67 Å². The Balaban J connectivity index is 1.54. The maximum Gasteiger partial charge on any atom is 0.265 e. The van der Waals surface area contributed by atoms with Gasteiger partial charge >= 0.3 is 0 Å². The minimum atomic E-state index is -0.226. The second kappa shape index (κ2) is 9.20. The topological polar surface area (TPSA) is 91.0 Å². The fraction of sp³-hybridized carbons (Fsp3) is 0.400. The normalized spacial score (nSPS) is 15.5. The number of fused-ring (bicyclic) bond motifs is 2. The molecule has 2 aromatic heterocycles. The van der Waals surface area contributed by atoms with Crippen LogP contribution >= 0.6 is 23.4 Å². The highest BCUT2D eigenvalue weighted by Gasteiger charge is 2.29. The number of nitrogens with one attached hydrogen (secondary N) is 1. The van der Waals surface area contributed by atoms with Crippen LogP contribution < -0.4 is 10.9 Å². The molecule has 1 N–H and O–H groups in total. The van der Waals surface area contributed by atoms with E-state index in [1.165, 1.54) is 18.0 Å². The minimum Gasteiger partial charge on any atom is -0.382 e. The quantitative estimate of drug-likeness (QED) is 0.421. The largest absolute Gasteiger partial charge is 0.382 e. The number of aromatic nitrogens is 4. The molecule has 4 rings (SSSR count). The van der Waals surface area contributed by atoms with Crippen LogP contribution in [0.4, 0.5) is 0 Å². The molecule has 0 radical (unpaired) electrons. The van der Waals surface area contributed by atoms with Gasteiger partial charge in [-0.3, -0.25) is 14.2 Å². The van der Waals surface area contributed by atoms with Gasteiger partial charge in [0.05, 0.1) is 17.9 Å². The molecule has 1 aromatic carbocycles. The van der Waals surface area contributed by atoms with Crippen LogP contribution in [0.2, 0.25) is 5.02 Å². The summed E-state index contributed by atoms with van der Waals surface area (Å²) in [5.74, 6) is 0.554. The fourth-order valence-electron chi connectivity index (χ4n) is 3.41. The van der Waals surface area contributed by atoms with E-state index in [0.29, 0.717) is 46.7 Å². The Bertz CT molecular complexity index is 1130. The molecular formula is C20H22ClN5O3S. The van der Waals surface area contributed by atoms with Crippen LogP contribution in [-0.4, -0.2) is 50.8 Å². The van der Waals surface area contributed by atoms with E-state index in [1.54, 1.807) is 21.4 Å². The zero-order chi connectivity index (χ0) is 21.1. The maximum absolute atomic E-state index is 13.1. The van der Waals surface area contributed by atoms with Crippen molar-refractivity contribution in [2.75, 3.05) is 25.5 Å². The summed E-state index contributed by atoms with van der Waals surface area (Å²) in [6.45, 7) is 3.79. The van der Waals surface area contributed by atoms with E-state index >= 15 is 0 Å². The third-order valence-electron chi connectivity index (χ3n) is 4.84. The molecule has 1 aliphatic heterocycles. The number of amides is 1. The molecule has 1 aliphatic rings. The van der Waals surface area contributed by atoms with Crippen molar-refractivity contribution in [2.45, 2.75) is 31.0 Å². The van der Waals surface area contributed by atoms with E-state index in [0.717, 1.165) is 12.1 Å². The van der Waals surface area contributed by atoms with Gasteiger partial charge in [-0.05, 0) is 31.5 Å². The van der Waals surface area contributed by atoms with E-state index in [1.807, 2.05) is 19.1 Å². The number of benzene rings is 1. The Kier molecular flexibility index (Phi) is 6.40. The second-order valence-electron chi connectivity index (χ2n) is 6.91. The average Bonchev–Trinajstić information content (AvgIpc) is 3.33. The highest BCUT2D eigenvalue weighted by Crippen LogP contribution is 2.33. The molecule has 0 aliphatic carbocycles. The van der Waals surface area contributed by atoms with Crippen molar-refractivity contribution in [3.05, 3.63) is 45.8 Å². The van der Waals surface area contributed by atoms with E-state index in [4.69, 9.17) is 16.3 Å². The number of thioether (sulfide) groups is 1. The summed E-state index contributed by atoms with van der Waals surface area (Å²) < 4.78 is 8.50. The lowest BCUT2D eigenvalue weighted by Crippen LogP contribution is -2.31. The first-order valence-corrected chi connectivity index (χ1v) is 11.2. The molecule has 0 bridgehead atoms. The molecule has 0 saturated carbocycles. The zero-order valence-corrected chi connectivity index (χ0v) is 18.1. The molecule has 30 heavy (non-hydrogen) atoms. The van der Waals surface area contributed by atoms with Gasteiger partial charge in [-0.15, -0.1) is 0 Å². The summed E-state index contributed by atoms with van der Waals surface area (Å²) in [4.78, 5) is 30.1. The van der Waals surface area contributed by atoms with Crippen molar-refractivity contribution in [2.24, 2.45) is 0 Å². The van der Waals surface area contributed by atoms with Crippen molar-refractivity contribution >= 4 is 40.3 Å². The summed E-state index contributed by atoms with van der Waals surface area (Å²) in [7, 11) is 0. The average molecular weight is 448 g/mol. The first-order valence-electron chi connectivity index (χ1n) is 9.82. The van der Waals surface area contributed by atoms with E-state index in [-0.39, 0.29) is 23.9 Å². The van der Waals surface area contributed by atoms with Gasteiger partial charge in [0, 0.05) is 37.0 Å². The Morgan fingerprint density at radius 3 is 3.10 bits per heavy atom. The molecule has 3 aromatic rings. The predicted octanol–water partition coefficient (Wildman–Crippen LogP) is 2.82. The fourth-order valence-corrected chi connectivity index (χ4v) is 4.73. The minimum absolute atomic E-state index is 0.0773. The second-order valence-corrected chi connectivity index (χ2v) is 8.34. The first-order chi connectivity index (χ1) is 14.6. The van der Waals surface area contributed by atoms with Crippen molar-refractivity contribution in [3.63, 3.8) is 0 Å². The molecule has 1 amide bonds. The number of ether oxygens (including phenoxy) is 1. The lowest BCUT2D eigenvalue weighted by atomic mass is 10.2. The number of rotatable bonds is 8. The van der Waals surface area contributed by atoms with Crippen LogP contribution in [-0.2, 0) is 9.53 Å². The molecule has 8 nitrogen and oxygen atoms in total. The van der Waals surface area contributed by atoms with Gasteiger partial charge in [0.2, 0.25) is 5.91 Å². The number of hydrogen-bond acceptors (Lipinski definition) is 6. The Labute approximate surface area is 182 Å². The first kappa shape index (κ1) is 20.9. The summed E-state index contributed by atoms with van der Waals surface area (Å²) in [6, 6.07) is 7.00. The van der Waals surface area contributed by atoms with E-state index < -0.39 is 0 Å². The molecular weight excluding hydrogens is 426 g/mol. The van der Waals surface area contributed by atoms with Gasteiger partial charge in [-0.1, -0.05) is 29.4 Å². The Morgan fingerprint density at radius 2 is 2.30 bits per heavy atom. The molecule has 158 valence electrons. The monoisotopic (exact) mass is 447 g/mol. The molecule has 10 heteroatoms. The van der Waals surface area contributed by atoms with Crippen LogP contribution in [0.15, 0.2) is 40.4 Å². The number of nitrogens with zero attached hydrogens (tertiary/aromatic N) is 4. The Morgan fingerprint density at radius 1 is 1.43 bits per heavy atom. The number of carbonyl (C=O) groups is 1. The standard InChI is InChI=1S/C20H22ClN5O3S/c1-2-29-8-4-7-22-17(27)10-15-12-30-20-24-18-16(19(28)25(15)20)11-23-26(18)14-6-3-5-13(21)9-14/h3,5-6,9,11,15H,2,4,7-8,10,12H2,1H3,(H,22,27). The lowest BCUT2D eigenvalue weighted by molar-refractivity contribution is -0.121. The van der Waals surface area contributed by atoms with Crippen LogP contribution in [0.5, 0.6) is 0 Å². The molecule has 0 saturated heterocycles.